The first-order valence-corrected chi connectivity index (χ1v) is 6.69. The topological polar surface area (TPSA) is 59.8 Å². The minimum atomic E-state index is -2.62. The number of pyridine rings is 1. The van der Waals surface area contributed by atoms with Gasteiger partial charge in [0.05, 0.1) is 0 Å². The Morgan fingerprint density at radius 1 is 1.38 bits per heavy atom. The fourth-order valence-corrected chi connectivity index (χ4v) is 2.16. The standard InChI is InChI=1S/C14H14F2N4O/c15-14(16)11-7-12(9-1-2-9)20(19-11)8-13(21)18-10-3-5-17-6-4-10/h3-7,9,14H,1-2,8H2,(H,17,18,21). The molecule has 0 bridgehead atoms. The zero-order valence-electron chi connectivity index (χ0n) is 11.2. The van der Waals surface area contributed by atoms with Crippen molar-refractivity contribution in [3.8, 4) is 0 Å². The highest BCUT2D eigenvalue weighted by molar-refractivity contribution is 5.90. The number of anilines is 1. The zero-order valence-corrected chi connectivity index (χ0v) is 11.2. The van der Waals surface area contributed by atoms with Crippen LogP contribution in [0.3, 0.4) is 0 Å². The van der Waals surface area contributed by atoms with Gasteiger partial charge in [0.15, 0.2) is 0 Å². The van der Waals surface area contributed by atoms with Gasteiger partial charge in [0.2, 0.25) is 5.91 Å². The third kappa shape index (κ3) is 3.24. The highest BCUT2D eigenvalue weighted by Crippen LogP contribution is 2.41. The largest absolute Gasteiger partial charge is 0.324 e. The fourth-order valence-electron chi connectivity index (χ4n) is 2.16. The molecule has 0 spiro atoms. The van der Waals surface area contributed by atoms with E-state index in [0.29, 0.717) is 5.69 Å². The molecule has 0 aliphatic heterocycles. The molecular formula is C14H14F2N4O. The number of nitrogens with one attached hydrogen (secondary N) is 1. The van der Waals surface area contributed by atoms with E-state index in [1.165, 1.54) is 10.7 Å². The highest BCUT2D eigenvalue weighted by Gasteiger charge is 2.30. The maximum Gasteiger partial charge on any atom is 0.282 e. The third-order valence-corrected chi connectivity index (χ3v) is 3.31. The molecule has 110 valence electrons. The van der Waals surface area contributed by atoms with E-state index >= 15 is 0 Å². The second kappa shape index (κ2) is 5.59. The molecule has 1 saturated carbocycles. The molecule has 21 heavy (non-hydrogen) atoms. The van der Waals surface area contributed by atoms with Crippen molar-refractivity contribution >= 4 is 11.6 Å². The number of alkyl halides is 2. The number of halogens is 2. The fraction of sp³-hybridized carbons (Fsp3) is 0.357. The lowest BCUT2D eigenvalue weighted by Gasteiger charge is -2.07. The summed E-state index contributed by atoms with van der Waals surface area (Å²) in [5, 5.41) is 6.53. The molecular weight excluding hydrogens is 278 g/mol. The van der Waals surface area contributed by atoms with Crippen LogP contribution < -0.4 is 5.32 Å². The number of carbonyl (C=O) groups excluding carboxylic acids is 1. The van der Waals surface area contributed by atoms with Crippen molar-refractivity contribution in [2.24, 2.45) is 0 Å². The molecule has 1 aliphatic carbocycles. The van der Waals surface area contributed by atoms with Crippen LogP contribution in [-0.4, -0.2) is 20.7 Å². The summed E-state index contributed by atoms with van der Waals surface area (Å²) in [7, 11) is 0. The summed E-state index contributed by atoms with van der Waals surface area (Å²) >= 11 is 0. The molecule has 5 nitrogen and oxygen atoms in total. The lowest BCUT2D eigenvalue weighted by Crippen LogP contribution is -2.20. The number of carbonyl (C=O) groups is 1. The van der Waals surface area contributed by atoms with E-state index in [9.17, 15) is 13.6 Å². The van der Waals surface area contributed by atoms with Crippen molar-refractivity contribution in [1.29, 1.82) is 0 Å². The minimum Gasteiger partial charge on any atom is -0.324 e. The molecule has 2 aromatic rings. The van der Waals surface area contributed by atoms with Crippen molar-refractivity contribution in [3.05, 3.63) is 42.0 Å². The van der Waals surface area contributed by atoms with Crippen LogP contribution >= 0.6 is 0 Å². The van der Waals surface area contributed by atoms with Gasteiger partial charge in [-0.2, -0.15) is 5.10 Å². The molecule has 1 aliphatic rings. The second-order valence-electron chi connectivity index (χ2n) is 5.01. The average molecular weight is 292 g/mol. The quantitative estimate of drug-likeness (QED) is 0.921. The van der Waals surface area contributed by atoms with Gasteiger partial charge in [0.25, 0.3) is 6.43 Å². The van der Waals surface area contributed by atoms with Crippen LogP contribution in [0.2, 0.25) is 0 Å². The molecule has 0 unspecified atom stereocenters. The highest BCUT2D eigenvalue weighted by atomic mass is 19.3. The van der Waals surface area contributed by atoms with Crippen molar-refractivity contribution in [3.63, 3.8) is 0 Å². The maximum atomic E-state index is 12.7. The third-order valence-electron chi connectivity index (χ3n) is 3.31. The summed E-state index contributed by atoms with van der Waals surface area (Å²) in [5.41, 5.74) is 1.06. The van der Waals surface area contributed by atoms with Crippen molar-refractivity contribution in [2.45, 2.75) is 31.7 Å². The molecule has 2 heterocycles. The Balaban J connectivity index is 1.73. The second-order valence-corrected chi connectivity index (χ2v) is 5.01. The lowest BCUT2D eigenvalue weighted by atomic mass is 10.2. The van der Waals surface area contributed by atoms with Gasteiger partial charge in [-0.1, -0.05) is 0 Å². The molecule has 0 radical (unpaired) electrons. The van der Waals surface area contributed by atoms with Crippen LogP contribution in [-0.2, 0) is 11.3 Å². The van der Waals surface area contributed by atoms with Gasteiger partial charge in [0, 0.05) is 29.7 Å². The van der Waals surface area contributed by atoms with Gasteiger partial charge in [-0.3, -0.25) is 14.5 Å². The maximum absolute atomic E-state index is 12.7. The van der Waals surface area contributed by atoms with Gasteiger partial charge < -0.3 is 5.32 Å². The van der Waals surface area contributed by atoms with Crippen LogP contribution in [0.5, 0.6) is 0 Å². The lowest BCUT2D eigenvalue weighted by molar-refractivity contribution is -0.117. The Hall–Kier alpha value is -2.31. The van der Waals surface area contributed by atoms with E-state index < -0.39 is 6.43 Å². The Morgan fingerprint density at radius 3 is 2.71 bits per heavy atom. The minimum absolute atomic E-state index is 0.0686. The van der Waals surface area contributed by atoms with E-state index in [4.69, 9.17) is 0 Å². The number of rotatable bonds is 5. The SMILES string of the molecule is O=C(Cn1nc(C(F)F)cc1C1CC1)Nc1ccncc1. The smallest absolute Gasteiger partial charge is 0.282 e. The van der Waals surface area contributed by atoms with Gasteiger partial charge in [-0.05, 0) is 31.0 Å². The van der Waals surface area contributed by atoms with Crippen molar-refractivity contribution < 1.29 is 13.6 Å². The zero-order chi connectivity index (χ0) is 14.8. The predicted octanol–water partition coefficient (Wildman–Crippen LogP) is 2.73. The first-order valence-electron chi connectivity index (χ1n) is 6.69. The van der Waals surface area contributed by atoms with Crippen molar-refractivity contribution in [2.75, 3.05) is 5.32 Å². The van der Waals surface area contributed by atoms with Crippen molar-refractivity contribution in [1.82, 2.24) is 14.8 Å². The van der Waals surface area contributed by atoms with E-state index in [0.717, 1.165) is 18.5 Å². The summed E-state index contributed by atoms with van der Waals surface area (Å²) in [5.74, 6) is -0.0502. The molecule has 1 amide bonds. The first-order chi connectivity index (χ1) is 10.1. The molecule has 1 N–H and O–H groups in total. The molecule has 0 saturated heterocycles. The normalized spacial score (nSPS) is 14.4. The average Bonchev–Trinajstić information content (AvgIpc) is 3.21. The first kappa shape index (κ1) is 13.7. The Kier molecular flexibility index (Phi) is 3.64. The van der Waals surface area contributed by atoms with E-state index in [1.54, 1.807) is 24.5 Å². The van der Waals surface area contributed by atoms with E-state index in [1.807, 2.05) is 0 Å². The number of aromatic nitrogens is 3. The van der Waals surface area contributed by atoms with Gasteiger partial charge in [-0.25, -0.2) is 8.78 Å². The van der Waals surface area contributed by atoms with Gasteiger partial charge in [0.1, 0.15) is 12.2 Å². The number of nitrogens with zero attached hydrogens (tertiary/aromatic N) is 3. The number of hydrogen-bond acceptors (Lipinski definition) is 3. The summed E-state index contributed by atoms with van der Waals surface area (Å²) in [6.07, 6.45) is 2.43. The van der Waals surface area contributed by atoms with Crippen LogP contribution in [0, 0.1) is 0 Å². The van der Waals surface area contributed by atoms with Crippen LogP contribution in [0.15, 0.2) is 30.6 Å². The molecule has 1 fully saturated rings. The molecule has 2 aromatic heterocycles. The van der Waals surface area contributed by atoms with Crippen LogP contribution in [0.1, 0.15) is 36.6 Å². The van der Waals surface area contributed by atoms with E-state index in [-0.39, 0.29) is 24.1 Å². The summed E-state index contributed by atoms with van der Waals surface area (Å²) in [6.45, 7) is -0.0686. The monoisotopic (exact) mass is 292 g/mol. The predicted molar refractivity (Wildman–Crippen MR) is 72.0 cm³/mol. The van der Waals surface area contributed by atoms with E-state index in [2.05, 4.69) is 15.4 Å². The number of amides is 1. The Bertz CT molecular complexity index is 638. The summed E-state index contributed by atoms with van der Waals surface area (Å²) in [6, 6.07) is 4.73. The Labute approximate surface area is 120 Å². The summed E-state index contributed by atoms with van der Waals surface area (Å²) < 4.78 is 26.9. The van der Waals surface area contributed by atoms with Gasteiger partial charge in [-0.15, -0.1) is 0 Å². The molecule has 0 aromatic carbocycles. The Morgan fingerprint density at radius 2 is 2.10 bits per heavy atom. The van der Waals surface area contributed by atoms with Gasteiger partial charge >= 0.3 is 0 Å². The summed E-state index contributed by atoms with van der Waals surface area (Å²) in [4.78, 5) is 15.8. The molecule has 0 atom stereocenters. The molecule has 7 heteroatoms. The number of hydrogen-bond donors (Lipinski definition) is 1. The van der Waals surface area contributed by atoms with Crippen LogP contribution in [0.25, 0.3) is 0 Å². The molecule has 3 rings (SSSR count). The van der Waals surface area contributed by atoms with Crippen LogP contribution in [0.4, 0.5) is 14.5 Å².